The summed E-state index contributed by atoms with van der Waals surface area (Å²) >= 11 is 3.21. The van der Waals surface area contributed by atoms with Crippen LogP contribution in [0.3, 0.4) is 0 Å². The van der Waals surface area contributed by atoms with Crippen molar-refractivity contribution >= 4 is 62.4 Å². The van der Waals surface area contributed by atoms with E-state index in [1.54, 1.807) is 11.3 Å². The van der Waals surface area contributed by atoms with Gasteiger partial charge in [0.2, 0.25) is 0 Å². The van der Waals surface area contributed by atoms with Crippen LogP contribution in [0.4, 0.5) is 0 Å². The molecule has 0 radical (unpaired) electrons. The van der Waals surface area contributed by atoms with Crippen LogP contribution in [0.15, 0.2) is 60.7 Å². The van der Waals surface area contributed by atoms with E-state index in [-0.39, 0.29) is 0 Å². The smallest absolute Gasteiger partial charge is 0.345 e. The van der Waals surface area contributed by atoms with Crippen LogP contribution in [0.2, 0.25) is 0 Å². The van der Waals surface area contributed by atoms with Crippen molar-refractivity contribution in [3.8, 4) is 10.4 Å². The summed E-state index contributed by atoms with van der Waals surface area (Å²) in [4.78, 5) is 48.7. The molecule has 8 rings (SSSR count). The molecule has 10 nitrogen and oxygen atoms in total. The molecule has 2 atom stereocenters. The van der Waals surface area contributed by atoms with Gasteiger partial charge in [0.05, 0.1) is 29.3 Å². The van der Waals surface area contributed by atoms with Crippen molar-refractivity contribution in [2.45, 2.75) is 124 Å². The first-order valence-electron chi connectivity index (χ1n) is 20.6. The Balaban J connectivity index is 0.000000167. The van der Waals surface area contributed by atoms with Gasteiger partial charge in [0.15, 0.2) is 12.2 Å². The fraction of sp³-hybridized carbons (Fsp3) is 0.408. The average molecular weight is 865 g/mol. The van der Waals surface area contributed by atoms with E-state index in [1.807, 2.05) is 117 Å². The first-order chi connectivity index (χ1) is 28.8. The molecule has 2 aliphatic rings. The van der Waals surface area contributed by atoms with Gasteiger partial charge in [-0.3, -0.25) is 9.97 Å². The van der Waals surface area contributed by atoms with Gasteiger partial charge in [-0.25, -0.2) is 14.4 Å². The second kappa shape index (κ2) is 18.5. The van der Waals surface area contributed by atoms with E-state index in [1.165, 1.54) is 52.2 Å². The molecule has 0 bridgehead atoms. The molecule has 322 valence electrons. The summed E-state index contributed by atoms with van der Waals surface area (Å²) in [6.45, 7) is 17.2. The van der Waals surface area contributed by atoms with Gasteiger partial charge in [-0.1, -0.05) is 36.4 Å². The molecule has 0 fully saturated rings. The van der Waals surface area contributed by atoms with Gasteiger partial charge in [-0.15, -0.1) is 22.7 Å². The molecule has 12 heteroatoms. The Kier molecular flexibility index (Phi) is 13.8. The largest absolute Gasteiger partial charge is 0.479 e. The Morgan fingerprint density at radius 1 is 0.672 bits per heavy atom. The van der Waals surface area contributed by atoms with Gasteiger partial charge in [0.25, 0.3) is 0 Å². The molecule has 2 N–H and O–H groups in total. The maximum Gasteiger partial charge on any atom is 0.345 e. The number of carbonyl (C=O) groups is 3. The van der Waals surface area contributed by atoms with Crippen LogP contribution < -0.4 is 0 Å². The lowest BCUT2D eigenvalue weighted by molar-refractivity contribution is -0.164. The summed E-state index contributed by atoms with van der Waals surface area (Å²) in [6.07, 6.45) is 4.91. The van der Waals surface area contributed by atoms with Crippen molar-refractivity contribution in [2.24, 2.45) is 0 Å². The third-order valence-electron chi connectivity index (χ3n) is 10.6. The molecule has 0 saturated heterocycles. The van der Waals surface area contributed by atoms with Crippen molar-refractivity contribution in [2.75, 3.05) is 7.11 Å². The number of carbonyl (C=O) groups excluding carboxylic acids is 1. The maximum atomic E-state index is 12.3. The van der Waals surface area contributed by atoms with Crippen LogP contribution in [0, 0.1) is 20.8 Å². The number of rotatable bonds is 8. The molecule has 6 aromatic rings. The first kappa shape index (κ1) is 45.5. The van der Waals surface area contributed by atoms with Crippen LogP contribution >= 0.6 is 22.7 Å². The Bertz CT molecular complexity index is 2550. The van der Waals surface area contributed by atoms with Gasteiger partial charge in [-0.05, 0) is 142 Å². The zero-order chi connectivity index (χ0) is 44.4. The van der Waals surface area contributed by atoms with E-state index in [0.717, 1.165) is 74.8 Å². The number of aromatic carboxylic acids is 1. The van der Waals surface area contributed by atoms with Crippen molar-refractivity contribution in [1.29, 1.82) is 0 Å². The minimum atomic E-state index is -1.07. The van der Waals surface area contributed by atoms with Crippen LogP contribution in [-0.2, 0) is 49.5 Å². The number of methoxy groups -OCH3 is 1. The number of aryl methyl sites for hydroxylation is 7. The Morgan fingerprint density at radius 3 is 1.70 bits per heavy atom. The molecule has 0 unspecified atom stereocenters. The second-order valence-electron chi connectivity index (χ2n) is 17.5. The lowest BCUT2D eigenvalue weighted by Crippen LogP contribution is -2.29. The van der Waals surface area contributed by atoms with Crippen LogP contribution in [0.1, 0.15) is 125 Å². The van der Waals surface area contributed by atoms with Crippen molar-refractivity contribution in [1.82, 2.24) is 9.97 Å². The predicted octanol–water partition coefficient (Wildman–Crippen LogP) is 11.5. The molecule has 4 aromatic heterocycles. The Morgan fingerprint density at radius 2 is 1.18 bits per heavy atom. The number of fused-ring (bicyclic) bond motifs is 4. The number of para-hydroxylation sites is 2. The van der Waals surface area contributed by atoms with Crippen molar-refractivity contribution in [3.63, 3.8) is 0 Å². The second-order valence-corrected chi connectivity index (χ2v) is 19.7. The third-order valence-corrected chi connectivity index (χ3v) is 13.0. The lowest BCUT2D eigenvalue weighted by Gasteiger charge is -2.28. The Hall–Kier alpha value is -5.01. The zero-order valence-corrected chi connectivity index (χ0v) is 38.4. The standard InChI is InChI=1S/C23H25NO3S.C18H23NO3.C8H8O2S/c1-13-19(21(22(25)26)27-23(2,3)4)20(15-9-5-6-10-16(15)24-13)18-12-14-8-7-11-17(14)28-18;1-11-13-9-7-8-10-14(13)19-12(2)15(11)16(17(20)21-6)22-18(3,4)5;9-8(10)7-4-5-2-1-3-6(5)11-7/h5-6,9-10,12,21H,7-8,11H2,1-4H3,(H,25,26);7-10,16H,1-6H3;4H,1-3H2,(H,9,10)/t21-;16-;/m00./s1. The minimum Gasteiger partial charge on any atom is -0.479 e. The number of benzene rings is 2. The highest BCUT2D eigenvalue weighted by Crippen LogP contribution is 2.44. The number of esters is 1. The van der Waals surface area contributed by atoms with Crippen LogP contribution in [0.25, 0.3) is 32.2 Å². The third kappa shape index (κ3) is 10.5. The van der Waals surface area contributed by atoms with Crippen LogP contribution in [-0.4, -0.2) is 56.4 Å². The monoisotopic (exact) mass is 864 g/mol. The normalized spacial score (nSPS) is 14.3. The molecule has 0 spiro atoms. The number of aliphatic carboxylic acids is 1. The van der Waals surface area contributed by atoms with E-state index in [9.17, 15) is 19.5 Å². The van der Waals surface area contributed by atoms with E-state index in [0.29, 0.717) is 16.1 Å². The number of ether oxygens (including phenoxy) is 3. The molecule has 61 heavy (non-hydrogen) atoms. The number of nitrogens with zero attached hydrogens (tertiary/aromatic N) is 2. The molecule has 0 aliphatic heterocycles. The fourth-order valence-corrected chi connectivity index (χ4v) is 10.4. The highest BCUT2D eigenvalue weighted by atomic mass is 32.1. The fourth-order valence-electron chi connectivity index (χ4n) is 8.03. The maximum absolute atomic E-state index is 12.3. The topological polar surface area (TPSA) is 145 Å². The lowest BCUT2D eigenvalue weighted by atomic mass is 9.94. The number of carboxylic acid groups (broad SMARTS) is 2. The number of hydrogen-bond donors (Lipinski definition) is 2. The zero-order valence-electron chi connectivity index (χ0n) is 36.7. The number of carboxylic acids is 2. The quantitative estimate of drug-likeness (QED) is 0.142. The van der Waals surface area contributed by atoms with E-state index >= 15 is 0 Å². The molecule has 0 saturated carbocycles. The number of pyridine rings is 2. The summed E-state index contributed by atoms with van der Waals surface area (Å²) in [5.74, 6) is -2.18. The summed E-state index contributed by atoms with van der Waals surface area (Å²) in [6, 6.07) is 19.9. The average Bonchev–Trinajstić information content (AvgIpc) is 3.99. The van der Waals surface area contributed by atoms with E-state index in [4.69, 9.17) is 24.3 Å². The predicted molar refractivity (Wildman–Crippen MR) is 243 cm³/mol. The molecular formula is C49H56N2O8S2. The Labute approximate surface area is 365 Å². The number of thiophene rings is 2. The van der Waals surface area contributed by atoms with E-state index in [2.05, 4.69) is 11.1 Å². The number of hydrogen-bond acceptors (Lipinski definition) is 10. The summed E-state index contributed by atoms with van der Waals surface area (Å²) in [5, 5.41) is 20.7. The molecule has 2 aliphatic carbocycles. The van der Waals surface area contributed by atoms with Crippen LogP contribution in [0.5, 0.6) is 0 Å². The number of aromatic nitrogens is 2. The van der Waals surface area contributed by atoms with Gasteiger partial charge in [0.1, 0.15) is 4.88 Å². The highest BCUT2D eigenvalue weighted by Gasteiger charge is 2.34. The minimum absolute atomic E-state index is 0.404. The summed E-state index contributed by atoms with van der Waals surface area (Å²) < 4.78 is 16.9. The summed E-state index contributed by atoms with van der Waals surface area (Å²) in [7, 11) is 1.38. The van der Waals surface area contributed by atoms with E-state index < -0.39 is 41.3 Å². The van der Waals surface area contributed by atoms with Crippen molar-refractivity contribution in [3.05, 3.63) is 115 Å². The van der Waals surface area contributed by atoms with Gasteiger partial charge < -0.3 is 24.4 Å². The highest BCUT2D eigenvalue weighted by molar-refractivity contribution is 7.15. The first-order valence-corrected chi connectivity index (χ1v) is 22.3. The molecular weight excluding hydrogens is 809 g/mol. The SMILES string of the molecule is COC(=O)[C@@H](OC(C)(C)C)c1c(C)nc2ccccc2c1C.Cc1nc2ccccc2c(-c2cc3c(s2)CCC3)c1[C@H](OC(C)(C)C)C(=O)O.O=C(O)c1cc2c(s1)CCC2. The van der Waals surface area contributed by atoms with Crippen molar-refractivity contribution < 1.29 is 38.8 Å². The van der Waals surface area contributed by atoms with Gasteiger partial charge in [0, 0.05) is 53.5 Å². The van der Waals surface area contributed by atoms with Gasteiger partial charge in [-0.2, -0.15) is 0 Å². The molecule has 4 heterocycles. The molecule has 0 amide bonds. The molecule has 2 aromatic carbocycles. The summed E-state index contributed by atoms with van der Waals surface area (Å²) in [5.41, 5.74) is 8.31. The van der Waals surface area contributed by atoms with Gasteiger partial charge >= 0.3 is 17.9 Å².